The lowest BCUT2D eigenvalue weighted by Crippen LogP contribution is -2.44. The molecule has 71 heavy (non-hydrogen) atoms. The van der Waals surface area contributed by atoms with E-state index in [-0.39, 0.29) is 38.6 Å². The molecule has 0 aliphatic rings. The van der Waals surface area contributed by atoms with Gasteiger partial charge in [0.1, 0.15) is 13.2 Å². The Morgan fingerprint density at radius 1 is 0.423 bits per heavy atom. The third kappa shape index (κ3) is 54.9. The SMILES string of the molecule is CCCCCCC/C=C\C/C=C\CCCCCCCCCCCCCCCC(=O)OC(COC(=O)CCCCCCCCCCC/C=C\C/C=C\CCCCCCC)COC(OCC[N+](C)(C)C)C(=O)[O-]. The zero-order valence-electron chi connectivity index (χ0n) is 47.1. The first kappa shape index (κ1) is 68.2. The summed E-state index contributed by atoms with van der Waals surface area (Å²) in [5.41, 5.74) is 0. The number of hydrogen-bond acceptors (Lipinski definition) is 8. The zero-order chi connectivity index (χ0) is 52.0. The van der Waals surface area contributed by atoms with Crippen molar-refractivity contribution in [3.8, 4) is 0 Å². The number of carboxylic acid groups (broad SMARTS) is 1. The Morgan fingerprint density at radius 3 is 1.11 bits per heavy atom. The number of allylic oxidation sites excluding steroid dienone is 8. The molecular weight excluding hydrogens is 887 g/mol. The van der Waals surface area contributed by atoms with Gasteiger partial charge in [0.05, 0.1) is 40.3 Å². The van der Waals surface area contributed by atoms with E-state index in [4.69, 9.17) is 18.9 Å². The summed E-state index contributed by atoms with van der Waals surface area (Å²) in [5.74, 6) is -2.28. The Balaban J connectivity index is 4.23. The minimum Gasteiger partial charge on any atom is -0.545 e. The molecule has 0 bridgehead atoms. The lowest BCUT2D eigenvalue weighted by Gasteiger charge is -2.26. The van der Waals surface area contributed by atoms with Crippen LogP contribution >= 0.6 is 0 Å². The Morgan fingerprint density at radius 2 is 0.761 bits per heavy atom. The molecule has 9 nitrogen and oxygen atoms in total. The van der Waals surface area contributed by atoms with Crippen molar-refractivity contribution in [2.45, 2.75) is 283 Å². The summed E-state index contributed by atoms with van der Waals surface area (Å²) in [5, 5.41) is 11.8. The standard InChI is InChI=1S/C62H113NO8/c1-6-8-10-12-14-16-18-20-22-24-26-28-29-30-31-33-35-37-39-41-43-45-47-49-51-53-60(65)71-58(57-70-62(61(66)67)68-55-54-63(3,4)5)56-69-59(64)52-50-48-46-44-42-40-38-36-34-32-27-25-23-21-19-17-15-13-11-9-7-2/h18-21,24-27,58,62H,6-17,22-23,28-57H2,1-5H3/b20-18-,21-19-,26-24-,27-25-. The van der Waals surface area contributed by atoms with E-state index in [0.717, 1.165) is 44.9 Å². The highest BCUT2D eigenvalue weighted by Crippen LogP contribution is 2.16. The highest BCUT2D eigenvalue weighted by molar-refractivity contribution is 5.70. The van der Waals surface area contributed by atoms with Crippen LogP contribution in [0.5, 0.6) is 0 Å². The van der Waals surface area contributed by atoms with Gasteiger partial charge in [-0.1, -0.05) is 229 Å². The molecule has 9 heteroatoms. The summed E-state index contributed by atoms with van der Waals surface area (Å²) in [6, 6.07) is 0. The number of carbonyl (C=O) groups excluding carboxylic acids is 3. The molecule has 0 aromatic rings. The molecule has 0 aromatic carbocycles. The van der Waals surface area contributed by atoms with E-state index < -0.39 is 24.3 Å². The minimum absolute atomic E-state index is 0.147. The second-order valence-electron chi connectivity index (χ2n) is 21.3. The molecule has 0 aromatic heterocycles. The van der Waals surface area contributed by atoms with Crippen molar-refractivity contribution < 1.29 is 42.9 Å². The number of nitrogens with zero attached hydrogens (tertiary/aromatic N) is 1. The van der Waals surface area contributed by atoms with E-state index in [0.29, 0.717) is 17.4 Å². The molecule has 0 heterocycles. The number of esters is 2. The van der Waals surface area contributed by atoms with Gasteiger partial charge < -0.3 is 33.3 Å². The molecule has 0 N–H and O–H groups in total. The van der Waals surface area contributed by atoms with Crippen LogP contribution in [-0.2, 0) is 33.3 Å². The maximum Gasteiger partial charge on any atom is 0.306 e. The van der Waals surface area contributed by atoms with Gasteiger partial charge in [-0.25, -0.2) is 0 Å². The number of quaternary nitrogens is 1. The van der Waals surface area contributed by atoms with Crippen LogP contribution in [0.3, 0.4) is 0 Å². The number of carbonyl (C=O) groups is 3. The van der Waals surface area contributed by atoms with Gasteiger partial charge in [-0.2, -0.15) is 0 Å². The van der Waals surface area contributed by atoms with Crippen LogP contribution in [0.15, 0.2) is 48.6 Å². The Kier molecular flexibility index (Phi) is 51.5. The molecular formula is C62H113NO8. The van der Waals surface area contributed by atoms with Gasteiger partial charge in [0.2, 0.25) is 0 Å². The molecule has 2 unspecified atom stereocenters. The van der Waals surface area contributed by atoms with Crippen LogP contribution in [0.1, 0.15) is 271 Å². The lowest BCUT2D eigenvalue weighted by molar-refractivity contribution is -0.870. The summed E-state index contributed by atoms with van der Waals surface area (Å²) < 4.78 is 22.7. The third-order valence-electron chi connectivity index (χ3n) is 13.0. The Hall–Kier alpha value is -2.75. The van der Waals surface area contributed by atoms with Crippen LogP contribution in [0, 0.1) is 0 Å². The monoisotopic (exact) mass is 1000 g/mol. The molecule has 0 fully saturated rings. The van der Waals surface area contributed by atoms with E-state index in [1.54, 1.807) is 0 Å². The van der Waals surface area contributed by atoms with Gasteiger partial charge in [-0.3, -0.25) is 9.59 Å². The van der Waals surface area contributed by atoms with Crippen molar-refractivity contribution in [2.24, 2.45) is 0 Å². The number of rotatable bonds is 55. The van der Waals surface area contributed by atoms with Crippen molar-refractivity contribution in [2.75, 3.05) is 47.5 Å². The molecule has 0 saturated carbocycles. The number of likely N-dealkylation sites (N-methyl/N-ethyl adjacent to an activating group) is 1. The van der Waals surface area contributed by atoms with Gasteiger partial charge in [-0.15, -0.1) is 0 Å². The highest BCUT2D eigenvalue weighted by Gasteiger charge is 2.22. The Labute approximate surface area is 438 Å². The average molecular weight is 1000 g/mol. The van der Waals surface area contributed by atoms with Gasteiger partial charge in [0, 0.05) is 12.8 Å². The first-order valence-electron chi connectivity index (χ1n) is 29.8. The number of carboxylic acids is 1. The Bertz CT molecular complexity index is 1300. The fourth-order valence-electron chi connectivity index (χ4n) is 8.42. The molecule has 2 atom stereocenters. The predicted octanol–water partition coefficient (Wildman–Crippen LogP) is 16.1. The fraction of sp³-hybridized carbons (Fsp3) is 0.823. The quantitative estimate of drug-likeness (QED) is 0.0195. The number of unbranched alkanes of at least 4 members (excludes halogenated alkanes) is 32. The normalized spacial score (nSPS) is 13.1. The molecule has 0 saturated heterocycles. The van der Waals surface area contributed by atoms with Crippen molar-refractivity contribution in [1.29, 1.82) is 0 Å². The highest BCUT2D eigenvalue weighted by atomic mass is 16.7. The summed E-state index contributed by atoms with van der Waals surface area (Å²) in [6.07, 6.45) is 63.0. The maximum absolute atomic E-state index is 12.9. The summed E-state index contributed by atoms with van der Waals surface area (Å²) in [6.45, 7) is 4.75. The van der Waals surface area contributed by atoms with Gasteiger partial charge >= 0.3 is 11.9 Å². The van der Waals surface area contributed by atoms with Crippen molar-refractivity contribution in [3.63, 3.8) is 0 Å². The molecule has 0 spiro atoms. The minimum atomic E-state index is -1.62. The van der Waals surface area contributed by atoms with Gasteiger partial charge in [0.15, 0.2) is 12.4 Å². The second-order valence-corrected chi connectivity index (χ2v) is 21.3. The van der Waals surface area contributed by atoms with Crippen LogP contribution in [0.2, 0.25) is 0 Å². The van der Waals surface area contributed by atoms with Crippen LogP contribution in [-0.4, -0.2) is 82.3 Å². The number of hydrogen-bond donors (Lipinski definition) is 0. The van der Waals surface area contributed by atoms with E-state index >= 15 is 0 Å². The molecule has 0 radical (unpaired) electrons. The van der Waals surface area contributed by atoms with Gasteiger partial charge in [-0.05, 0) is 77.0 Å². The topological polar surface area (TPSA) is 111 Å². The molecule has 414 valence electrons. The van der Waals surface area contributed by atoms with E-state index in [9.17, 15) is 19.5 Å². The lowest BCUT2D eigenvalue weighted by atomic mass is 10.0. The maximum atomic E-state index is 12.9. The third-order valence-corrected chi connectivity index (χ3v) is 13.0. The fourth-order valence-corrected chi connectivity index (χ4v) is 8.42. The van der Waals surface area contributed by atoms with Crippen molar-refractivity contribution in [1.82, 2.24) is 0 Å². The van der Waals surface area contributed by atoms with Crippen LogP contribution in [0.25, 0.3) is 0 Å². The van der Waals surface area contributed by atoms with E-state index in [2.05, 4.69) is 62.5 Å². The average Bonchev–Trinajstić information content (AvgIpc) is 3.34. The molecule has 0 aliphatic carbocycles. The van der Waals surface area contributed by atoms with E-state index in [1.165, 1.54) is 193 Å². The number of aliphatic carboxylic acids is 1. The van der Waals surface area contributed by atoms with Crippen LogP contribution in [0.4, 0.5) is 0 Å². The first-order chi connectivity index (χ1) is 34.6. The van der Waals surface area contributed by atoms with Crippen LogP contribution < -0.4 is 5.11 Å². The second kappa shape index (κ2) is 53.5. The molecule has 0 aliphatic heterocycles. The number of ether oxygens (including phenoxy) is 4. The first-order valence-corrected chi connectivity index (χ1v) is 29.8. The smallest absolute Gasteiger partial charge is 0.306 e. The van der Waals surface area contributed by atoms with Crippen molar-refractivity contribution in [3.05, 3.63) is 48.6 Å². The van der Waals surface area contributed by atoms with E-state index in [1.807, 2.05) is 21.1 Å². The molecule has 0 amide bonds. The summed E-state index contributed by atoms with van der Waals surface area (Å²) in [4.78, 5) is 37.3. The zero-order valence-corrected chi connectivity index (χ0v) is 47.1. The summed E-state index contributed by atoms with van der Waals surface area (Å²) in [7, 11) is 5.92. The molecule has 0 rings (SSSR count). The summed E-state index contributed by atoms with van der Waals surface area (Å²) >= 11 is 0. The largest absolute Gasteiger partial charge is 0.545 e. The van der Waals surface area contributed by atoms with Gasteiger partial charge in [0.25, 0.3) is 0 Å². The van der Waals surface area contributed by atoms with Crippen molar-refractivity contribution >= 4 is 17.9 Å². The predicted molar refractivity (Wildman–Crippen MR) is 297 cm³/mol.